The summed E-state index contributed by atoms with van der Waals surface area (Å²) in [6.45, 7) is 1.05. The first-order valence-electron chi connectivity index (χ1n) is 11.4. The van der Waals surface area contributed by atoms with Crippen molar-refractivity contribution in [2.75, 3.05) is 26.3 Å². The van der Waals surface area contributed by atoms with Crippen LogP contribution in [0.2, 0.25) is 0 Å². The van der Waals surface area contributed by atoms with Gasteiger partial charge in [0.15, 0.2) is 4.75 Å². The van der Waals surface area contributed by atoms with E-state index in [0.717, 1.165) is 18.0 Å². The van der Waals surface area contributed by atoms with Crippen molar-refractivity contribution < 1.29 is 23.2 Å². The number of hydrogen-bond donors (Lipinski definition) is 2. The minimum absolute atomic E-state index is 0.0472. The van der Waals surface area contributed by atoms with Gasteiger partial charge in [-0.25, -0.2) is 18.2 Å². The van der Waals surface area contributed by atoms with Gasteiger partial charge < -0.3 is 4.74 Å². The van der Waals surface area contributed by atoms with E-state index in [9.17, 15) is 18.4 Å². The molecule has 2 N–H and O–H groups in total. The number of pyridine rings is 1. The second-order valence-electron chi connectivity index (χ2n) is 9.15. The zero-order chi connectivity index (χ0) is 21.9. The number of carbonyl (C=O) groups is 1. The number of amides is 1. The Balaban J connectivity index is 1.37. The number of piperidine rings is 1. The molecule has 172 valence electrons. The lowest BCUT2D eigenvalue weighted by Crippen LogP contribution is -2.60. The number of carbonyl (C=O) groups excluding carboxylic acids is 1. The lowest BCUT2D eigenvalue weighted by atomic mass is 9.81. The Labute approximate surface area is 184 Å². The lowest BCUT2D eigenvalue weighted by molar-refractivity contribution is -0.134. The maximum atomic E-state index is 13.4. The van der Waals surface area contributed by atoms with E-state index in [-0.39, 0.29) is 32.0 Å². The maximum Gasteiger partial charge on any atom is 0.266 e. The molecule has 1 saturated carbocycles. The van der Waals surface area contributed by atoms with Gasteiger partial charge in [0.2, 0.25) is 10.0 Å². The maximum absolute atomic E-state index is 13.4. The molecule has 1 aliphatic carbocycles. The zero-order valence-electron chi connectivity index (χ0n) is 18.0. The van der Waals surface area contributed by atoms with Gasteiger partial charge in [0.25, 0.3) is 5.91 Å². The Kier molecular flexibility index (Phi) is 6.95. The highest BCUT2D eigenvalue weighted by molar-refractivity contribution is 7.91. The third kappa shape index (κ3) is 4.51. The fraction of sp³-hybridized carbons (Fsp3) is 0.727. The second-order valence-corrected chi connectivity index (χ2v) is 11.4. The second kappa shape index (κ2) is 9.52. The summed E-state index contributed by atoms with van der Waals surface area (Å²) in [6, 6.07) is 4.25. The smallest absolute Gasteiger partial charge is 0.266 e. The van der Waals surface area contributed by atoms with Crippen LogP contribution in [-0.4, -0.2) is 59.9 Å². The quantitative estimate of drug-likeness (QED) is 0.487. The summed E-state index contributed by atoms with van der Waals surface area (Å²) in [5.41, 5.74) is 3.86. The van der Waals surface area contributed by atoms with Gasteiger partial charge in [-0.15, -0.1) is 0 Å². The van der Waals surface area contributed by atoms with E-state index in [1.807, 2.05) is 6.20 Å². The van der Waals surface area contributed by atoms with Crippen LogP contribution in [-0.2, 0) is 26.0 Å². The van der Waals surface area contributed by atoms with Crippen molar-refractivity contribution in [2.45, 2.75) is 68.5 Å². The lowest BCUT2D eigenvalue weighted by Gasteiger charge is -2.40. The van der Waals surface area contributed by atoms with Crippen LogP contribution < -0.4 is 5.48 Å². The summed E-state index contributed by atoms with van der Waals surface area (Å²) in [5.74, 6) is 0.236. The highest BCUT2D eigenvalue weighted by Crippen LogP contribution is 2.36. The number of ether oxygens (including phenoxy) is 1. The number of rotatable bonds is 7. The van der Waals surface area contributed by atoms with Crippen molar-refractivity contribution in [3.63, 3.8) is 0 Å². The predicted octanol–water partition coefficient (Wildman–Crippen LogP) is 2.38. The van der Waals surface area contributed by atoms with Gasteiger partial charge in [-0.05, 0) is 43.2 Å². The number of hydroxylamine groups is 1. The highest BCUT2D eigenvalue weighted by Gasteiger charge is 2.54. The minimum atomic E-state index is -3.92. The first-order valence-corrected chi connectivity index (χ1v) is 12.9. The van der Waals surface area contributed by atoms with E-state index >= 15 is 0 Å². The first kappa shape index (κ1) is 22.6. The molecule has 1 aromatic heterocycles. The molecule has 0 unspecified atom stereocenters. The summed E-state index contributed by atoms with van der Waals surface area (Å²) in [5, 5.41) is 9.18. The number of hydrogen-bond acceptors (Lipinski definition) is 6. The summed E-state index contributed by atoms with van der Waals surface area (Å²) in [6.07, 6.45) is 9.82. The van der Waals surface area contributed by atoms with Crippen LogP contribution in [0, 0.1) is 5.92 Å². The molecule has 1 aromatic rings. The van der Waals surface area contributed by atoms with Crippen LogP contribution in [0.5, 0.6) is 0 Å². The molecule has 9 heteroatoms. The van der Waals surface area contributed by atoms with Gasteiger partial charge in [0, 0.05) is 57.0 Å². The fourth-order valence-corrected chi connectivity index (χ4v) is 7.17. The Morgan fingerprint density at radius 2 is 1.90 bits per heavy atom. The van der Waals surface area contributed by atoms with E-state index in [1.54, 1.807) is 5.48 Å². The average molecular weight is 452 g/mol. The molecule has 31 heavy (non-hydrogen) atoms. The SMILES string of the molecule is O=C(NO)C1(S(=O)(=O)N2CCC(c3ccc(CCC4CCC4)cn3)CC2)CCOCC1. The topological polar surface area (TPSA) is 109 Å². The molecule has 8 nitrogen and oxygen atoms in total. The highest BCUT2D eigenvalue weighted by atomic mass is 32.2. The van der Waals surface area contributed by atoms with Crippen molar-refractivity contribution in [1.29, 1.82) is 0 Å². The molecule has 0 radical (unpaired) electrons. The normalized spacial score (nSPS) is 23.3. The molecular formula is C22H33N3O5S. The number of nitrogens with zero attached hydrogens (tertiary/aromatic N) is 2. The summed E-state index contributed by atoms with van der Waals surface area (Å²) in [7, 11) is -3.92. The van der Waals surface area contributed by atoms with Gasteiger partial charge in [0.05, 0.1) is 0 Å². The molecule has 0 atom stereocenters. The van der Waals surface area contributed by atoms with Crippen LogP contribution in [0.3, 0.4) is 0 Å². The van der Waals surface area contributed by atoms with Gasteiger partial charge in [-0.2, -0.15) is 0 Å². The van der Waals surface area contributed by atoms with Gasteiger partial charge in [-0.1, -0.05) is 25.3 Å². The number of aromatic nitrogens is 1. The van der Waals surface area contributed by atoms with Crippen molar-refractivity contribution in [3.8, 4) is 0 Å². The summed E-state index contributed by atoms with van der Waals surface area (Å²) in [4.78, 5) is 17.1. The van der Waals surface area contributed by atoms with Crippen LogP contribution >= 0.6 is 0 Å². The Hall–Kier alpha value is -1.55. The third-order valence-corrected chi connectivity index (χ3v) is 10.1. The van der Waals surface area contributed by atoms with Crippen molar-refractivity contribution in [1.82, 2.24) is 14.8 Å². The molecule has 0 bridgehead atoms. The summed E-state index contributed by atoms with van der Waals surface area (Å²) < 4.78 is 31.8. The molecule has 3 fully saturated rings. The first-order chi connectivity index (χ1) is 15.0. The Morgan fingerprint density at radius 3 is 2.45 bits per heavy atom. The van der Waals surface area contributed by atoms with E-state index in [4.69, 9.17) is 4.74 Å². The molecular weight excluding hydrogens is 418 g/mol. The van der Waals surface area contributed by atoms with Crippen LogP contribution in [0.15, 0.2) is 18.3 Å². The van der Waals surface area contributed by atoms with Crippen LogP contribution in [0.25, 0.3) is 0 Å². The van der Waals surface area contributed by atoms with E-state index in [1.165, 1.54) is 35.6 Å². The molecule has 4 rings (SSSR count). The number of sulfonamides is 1. The number of nitrogens with one attached hydrogen (secondary N) is 1. The fourth-order valence-electron chi connectivity index (χ4n) is 5.02. The molecule has 3 aliphatic rings. The third-order valence-electron chi connectivity index (χ3n) is 7.44. The van der Waals surface area contributed by atoms with Gasteiger partial charge in [-0.3, -0.25) is 15.0 Å². The summed E-state index contributed by atoms with van der Waals surface area (Å²) >= 11 is 0. The van der Waals surface area contributed by atoms with Crippen molar-refractivity contribution in [2.24, 2.45) is 5.92 Å². The average Bonchev–Trinajstić information content (AvgIpc) is 2.78. The van der Waals surface area contributed by atoms with E-state index in [0.29, 0.717) is 25.9 Å². The minimum Gasteiger partial charge on any atom is -0.381 e. The molecule has 1 amide bonds. The Bertz CT molecular complexity index is 856. The standard InChI is InChI=1S/C22H33N3O5S/c26-21(24-27)22(10-14-30-15-11-22)31(28,29)25-12-8-19(9-13-25)20-7-6-18(16-23-20)5-4-17-2-1-3-17/h6-7,16-17,19,27H,1-5,8-15H2,(H,24,26). The predicted molar refractivity (Wildman–Crippen MR) is 115 cm³/mol. The largest absolute Gasteiger partial charge is 0.381 e. The van der Waals surface area contributed by atoms with Crippen LogP contribution in [0.4, 0.5) is 0 Å². The monoisotopic (exact) mass is 451 g/mol. The molecule has 2 aliphatic heterocycles. The van der Waals surface area contributed by atoms with E-state index < -0.39 is 20.7 Å². The van der Waals surface area contributed by atoms with E-state index in [2.05, 4.69) is 17.1 Å². The van der Waals surface area contributed by atoms with Crippen molar-refractivity contribution >= 4 is 15.9 Å². The Morgan fingerprint density at radius 1 is 1.19 bits per heavy atom. The number of aryl methyl sites for hydroxylation is 1. The van der Waals surface area contributed by atoms with Gasteiger partial charge in [0.1, 0.15) is 0 Å². The van der Waals surface area contributed by atoms with Gasteiger partial charge >= 0.3 is 0 Å². The van der Waals surface area contributed by atoms with Crippen LogP contribution in [0.1, 0.15) is 68.5 Å². The molecule has 3 heterocycles. The van der Waals surface area contributed by atoms with Crippen molar-refractivity contribution in [3.05, 3.63) is 29.6 Å². The molecule has 0 spiro atoms. The zero-order valence-corrected chi connectivity index (χ0v) is 18.8. The molecule has 0 aromatic carbocycles. The molecule has 2 saturated heterocycles.